The Morgan fingerprint density at radius 3 is 3.00 bits per heavy atom. The lowest BCUT2D eigenvalue weighted by Crippen LogP contribution is -2.26. The summed E-state index contributed by atoms with van der Waals surface area (Å²) in [5, 5.41) is 4.44. The van der Waals surface area contributed by atoms with E-state index < -0.39 is 0 Å². The van der Waals surface area contributed by atoms with Crippen molar-refractivity contribution in [2.75, 3.05) is 6.26 Å². The lowest BCUT2D eigenvalue weighted by Gasteiger charge is -2.11. The van der Waals surface area contributed by atoms with Crippen LogP contribution in [-0.2, 0) is 6.54 Å². The van der Waals surface area contributed by atoms with Gasteiger partial charge in [0.15, 0.2) is 0 Å². The summed E-state index contributed by atoms with van der Waals surface area (Å²) < 4.78 is 5.41. The molecule has 0 bridgehead atoms. The van der Waals surface area contributed by atoms with Gasteiger partial charge in [-0.2, -0.15) is 11.8 Å². The van der Waals surface area contributed by atoms with Gasteiger partial charge in [0.05, 0.1) is 12.8 Å². The molecule has 1 aliphatic rings. The molecule has 1 saturated carbocycles. The predicted octanol–water partition coefficient (Wildman–Crippen LogP) is 2.96. The molecule has 0 radical (unpaired) electrons. The fraction of sp³-hybridized carbons (Fsp3) is 0.667. The van der Waals surface area contributed by atoms with E-state index in [1.165, 1.54) is 24.8 Å². The minimum Gasteiger partial charge on any atom is -0.468 e. The predicted molar refractivity (Wildman–Crippen MR) is 65.2 cm³/mol. The minimum atomic E-state index is 0.687. The highest BCUT2D eigenvalue weighted by Gasteiger charge is 2.23. The van der Waals surface area contributed by atoms with Crippen LogP contribution < -0.4 is 5.32 Å². The number of hydrogen-bond acceptors (Lipinski definition) is 3. The lowest BCUT2D eigenvalue weighted by atomic mass is 10.2. The van der Waals surface area contributed by atoms with Gasteiger partial charge < -0.3 is 9.73 Å². The SMILES string of the molecule is CSC1CCC(NCc2occc2C)C1. The second-order valence-corrected chi connectivity index (χ2v) is 5.41. The number of thioether (sulfide) groups is 1. The van der Waals surface area contributed by atoms with Crippen LogP contribution >= 0.6 is 11.8 Å². The number of hydrogen-bond donors (Lipinski definition) is 1. The second-order valence-electron chi connectivity index (χ2n) is 4.28. The molecule has 1 aliphatic carbocycles. The van der Waals surface area contributed by atoms with Gasteiger partial charge in [-0.3, -0.25) is 0 Å². The van der Waals surface area contributed by atoms with E-state index in [1.807, 2.05) is 17.8 Å². The van der Waals surface area contributed by atoms with Crippen LogP contribution in [0.15, 0.2) is 16.7 Å². The molecule has 0 amide bonds. The average Bonchev–Trinajstić information content (AvgIpc) is 2.84. The molecule has 2 nitrogen and oxygen atoms in total. The molecule has 84 valence electrons. The van der Waals surface area contributed by atoms with Gasteiger partial charge in [0.1, 0.15) is 5.76 Å². The first-order valence-electron chi connectivity index (χ1n) is 5.58. The van der Waals surface area contributed by atoms with E-state index in [9.17, 15) is 0 Å². The summed E-state index contributed by atoms with van der Waals surface area (Å²) in [4.78, 5) is 0. The molecule has 2 rings (SSSR count). The number of furan rings is 1. The summed E-state index contributed by atoms with van der Waals surface area (Å²) in [5.41, 5.74) is 1.25. The molecular formula is C12H19NOS. The summed E-state index contributed by atoms with van der Waals surface area (Å²) in [6, 6.07) is 2.71. The number of nitrogens with one attached hydrogen (secondary N) is 1. The molecule has 2 atom stereocenters. The van der Waals surface area contributed by atoms with Crippen molar-refractivity contribution in [2.24, 2.45) is 0 Å². The molecule has 3 heteroatoms. The largest absolute Gasteiger partial charge is 0.468 e. The van der Waals surface area contributed by atoms with Crippen LogP contribution in [0.1, 0.15) is 30.6 Å². The third-order valence-corrected chi connectivity index (χ3v) is 4.33. The summed E-state index contributed by atoms with van der Waals surface area (Å²) in [5.74, 6) is 1.09. The normalized spacial score (nSPS) is 26.0. The lowest BCUT2D eigenvalue weighted by molar-refractivity contribution is 0.444. The van der Waals surface area contributed by atoms with E-state index in [4.69, 9.17) is 4.42 Å². The Hall–Kier alpha value is -0.410. The van der Waals surface area contributed by atoms with Crippen LogP contribution in [0.5, 0.6) is 0 Å². The van der Waals surface area contributed by atoms with Crippen molar-refractivity contribution < 1.29 is 4.42 Å². The summed E-state index contributed by atoms with van der Waals surface area (Å²) >= 11 is 2.00. The van der Waals surface area contributed by atoms with E-state index in [-0.39, 0.29) is 0 Å². The highest BCUT2D eigenvalue weighted by Crippen LogP contribution is 2.28. The fourth-order valence-electron chi connectivity index (χ4n) is 2.16. The minimum absolute atomic E-state index is 0.687. The molecule has 2 unspecified atom stereocenters. The van der Waals surface area contributed by atoms with E-state index in [1.54, 1.807) is 6.26 Å². The molecule has 1 heterocycles. The Balaban J connectivity index is 1.77. The van der Waals surface area contributed by atoms with Crippen molar-refractivity contribution in [3.63, 3.8) is 0 Å². The zero-order valence-electron chi connectivity index (χ0n) is 9.45. The standard InChI is InChI=1S/C12H19NOS/c1-9-5-6-14-12(9)8-13-10-3-4-11(7-10)15-2/h5-6,10-11,13H,3-4,7-8H2,1-2H3. The Morgan fingerprint density at radius 2 is 2.40 bits per heavy atom. The highest BCUT2D eigenvalue weighted by molar-refractivity contribution is 7.99. The van der Waals surface area contributed by atoms with Crippen molar-refractivity contribution in [1.29, 1.82) is 0 Å². The number of aryl methyl sites for hydroxylation is 1. The van der Waals surface area contributed by atoms with Crippen LogP contribution in [0.2, 0.25) is 0 Å². The molecule has 15 heavy (non-hydrogen) atoms. The maximum atomic E-state index is 5.41. The van der Waals surface area contributed by atoms with Crippen molar-refractivity contribution >= 4 is 11.8 Å². The molecule has 0 saturated heterocycles. The fourth-order valence-corrected chi connectivity index (χ4v) is 2.96. The van der Waals surface area contributed by atoms with Crippen molar-refractivity contribution in [3.05, 3.63) is 23.7 Å². The maximum Gasteiger partial charge on any atom is 0.120 e. The monoisotopic (exact) mass is 225 g/mol. The van der Waals surface area contributed by atoms with Gasteiger partial charge in [-0.25, -0.2) is 0 Å². The first kappa shape index (κ1) is 11.1. The van der Waals surface area contributed by atoms with Gasteiger partial charge >= 0.3 is 0 Å². The quantitative estimate of drug-likeness (QED) is 0.853. The molecular weight excluding hydrogens is 206 g/mol. The van der Waals surface area contributed by atoms with Gasteiger partial charge in [-0.05, 0) is 44.1 Å². The smallest absolute Gasteiger partial charge is 0.120 e. The van der Waals surface area contributed by atoms with Crippen molar-refractivity contribution in [3.8, 4) is 0 Å². The van der Waals surface area contributed by atoms with Crippen LogP contribution in [0.3, 0.4) is 0 Å². The topological polar surface area (TPSA) is 25.2 Å². The van der Waals surface area contributed by atoms with Gasteiger partial charge in [-0.15, -0.1) is 0 Å². The van der Waals surface area contributed by atoms with E-state index >= 15 is 0 Å². The molecule has 1 aromatic rings. The van der Waals surface area contributed by atoms with Gasteiger partial charge in [0.25, 0.3) is 0 Å². The molecule has 0 aliphatic heterocycles. The van der Waals surface area contributed by atoms with E-state index in [0.717, 1.165) is 17.6 Å². The Labute approximate surface area is 95.8 Å². The van der Waals surface area contributed by atoms with Crippen molar-refractivity contribution in [2.45, 2.75) is 44.0 Å². The van der Waals surface area contributed by atoms with Gasteiger partial charge in [-0.1, -0.05) is 0 Å². The zero-order valence-corrected chi connectivity index (χ0v) is 10.3. The van der Waals surface area contributed by atoms with Gasteiger partial charge in [0.2, 0.25) is 0 Å². The van der Waals surface area contributed by atoms with Crippen LogP contribution in [0.25, 0.3) is 0 Å². The zero-order chi connectivity index (χ0) is 10.7. The first-order chi connectivity index (χ1) is 7.29. The highest BCUT2D eigenvalue weighted by atomic mass is 32.2. The summed E-state index contributed by atoms with van der Waals surface area (Å²) in [6.07, 6.45) is 7.96. The molecule has 0 aromatic carbocycles. The molecule has 0 spiro atoms. The maximum absolute atomic E-state index is 5.41. The molecule has 1 aromatic heterocycles. The van der Waals surface area contributed by atoms with E-state index in [2.05, 4.69) is 18.5 Å². The Morgan fingerprint density at radius 1 is 1.53 bits per heavy atom. The summed E-state index contributed by atoms with van der Waals surface area (Å²) in [7, 11) is 0. The molecule has 1 fully saturated rings. The Kier molecular flexibility index (Phi) is 3.76. The average molecular weight is 225 g/mol. The number of rotatable bonds is 4. The molecule has 1 N–H and O–H groups in total. The Bertz CT molecular complexity index is 310. The van der Waals surface area contributed by atoms with Crippen LogP contribution in [-0.4, -0.2) is 17.5 Å². The van der Waals surface area contributed by atoms with E-state index in [0.29, 0.717) is 6.04 Å². The van der Waals surface area contributed by atoms with Gasteiger partial charge in [0, 0.05) is 11.3 Å². The first-order valence-corrected chi connectivity index (χ1v) is 6.87. The van der Waals surface area contributed by atoms with Crippen LogP contribution in [0, 0.1) is 6.92 Å². The van der Waals surface area contributed by atoms with Crippen molar-refractivity contribution in [1.82, 2.24) is 5.32 Å². The third kappa shape index (κ3) is 2.79. The van der Waals surface area contributed by atoms with Crippen LogP contribution in [0.4, 0.5) is 0 Å². The summed E-state index contributed by atoms with van der Waals surface area (Å²) in [6.45, 7) is 2.98. The second kappa shape index (κ2) is 5.08. The third-order valence-electron chi connectivity index (χ3n) is 3.24.